The highest BCUT2D eigenvalue weighted by atomic mass is 17.2. The van der Waals surface area contributed by atoms with Gasteiger partial charge in [-0.1, -0.05) is 12.2 Å². The Kier molecular flexibility index (Phi) is 22.8. The molecule has 0 aliphatic carbocycles. The lowest BCUT2D eigenvalue weighted by Crippen LogP contribution is -1.92. The second kappa shape index (κ2) is 18.7. The van der Waals surface area contributed by atoms with E-state index in [9.17, 15) is 0 Å². The summed E-state index contributed by atoms with van der Waals surface area (Å²) in [5.74, 6) is 0. The quantitative estimate of drug-likeness (QED) is 0.246. The maximum Gasteiger partial charge on any atom is 0.503 e. The van der Waals surface area contributed by atoms with Gasteiger partial charge in [-0.3, -0.25) is 0 Å². The highest BCUT2D eigenvalue weighted by Crippen LogP contribution is 1.77. The van der Waals surface area contributed by atoms with E-state index in [2.05, 4.69) is 22.9 Å². The van der Waals surface area contributed by atoms with Gasteiger partial charge >= 0.3 is 12.3 Å². The summed E-state index contributed by atoms with van der Waals surface area (Å²) in [7, 11) is 0. The Hall–Kier alpha value is -2.06. The molecule has 0 radical (unpaired) electrons. The zero-order valence-corrected chi connectivity index (χ0v) is 8.40. The Bertz CT molecular complexity index is 170. The van der Waals surface area contributed by atoms with Crippen LogP contribution in [0.5, 0.6) is 0 Å². The number of hydrogen-bond acceptors (Lipinski definition) is 4. The summed E-state index contributed by atoms with van der Waals surface area (Å²) in [6.07, 6.45) is -0.438. The van der Waals surface area contributed by atoms with E-state index in [1.807, 2.05) is 0 Å². The minimum atomic E-state index is -1.83. The molecule has 0 heterocycles. The van der Waals surface area contributed by atoms with E-state index < -0.39 is 12.3 Å². The topological polar surface area (TPSA) is 134 Å². The lowest BCUT2D eigenvalue weighted by Gasteiger charge is -1.94. The number of carbonyl (C=O) groups is 2. The molecule has 0 spiro atoms. The molecule has 0 bridgehead atoms. The summed E-state index contributed by atoms with van der Waals surface area (Å²) in [6, 6.07) is 0. The van der Waals surface area contributed by atoms with Gasteiger partial charge in [-0.05, 0) is 0 Å². The Morgan fingerprint density at radius 1 is 0.875 bits per heavy atom. The average molecular weight is 238 g/mol. The molecule has 16 heavy (non-hydrogen) atoms. The minimum Gasteiger partial charge on any atom is -0.450 e. The second-order valence-electron chi connectivity index (χ2n) is 1.71. The molecule has 4 N–H and O–H groups in total. The smallest absolute Gasteiger partial charge is 0.450 e. The zero-order chi connectivity index (χ0) is 13.4. The molecule has 0 aromatic carbocycles. The van der Waals surface area contributed by atoms with Crippen molar-refractivity contribution in [2.75, 3.05) is 13.2 Å². The fraction of sp³-hybridized carbons (Fsp3) is 0.250. The summed E-state index contributed by atoms with van der Waals surface area (Å²) in [6.45, 7) is 7.70. The Labute approximate surface area is 91.6 Å². The number of rotatable bonds is 5. The van der Waals surface area contributed by atoms with E-state index in [1.54, 1.807) is 12.2 Å². The van der Waals surface area contributed by atoms with E-state index in [0.717, 1.165) is 0 Å². The van der Waals surface area contributed by atoms with Crippen molar-refractivity contribution in [2.45, 2.75) is 0 Å². The molecule has 0 amide bonds. The molecule has 0 rings (SSSR count). The first-order valence-corrected chi connectivity index (χ1v) is 3.68. The second-order valence-corrected chi connectivity index (χ2v) is 1.71. The highest BCUT2D eigenvalue weighted by molar-refractivity contribution is 5.53. The fourth-order valence-electron chi connectivity index (χ4n) is 0.192. The van der Waals surface area contributed by atoms with Crippen molar-refractivity contribution in [2.24, 2.45) is 0 Å². The third-order valence-corrected chi connectivity index (χ3v) is 0.455. The van der Waals surface area contributed by atoms with E-state index >= 15 is 0 Å². The molecule has 0 saturated heterocycles. The first-order chi connectivity index (χ1) is 7.38. The van der Waals surface area contributed by atoms with Gasteiger partial charge in [0.25, 0.3) is 0 Å². The van der Waals surface area contributed by atoms with Crippen molar-refractivity contribution < 1.29 is 39.8 Å². The summed E-state index contributed by atoms with van der Waals surface area (Å²) in [5.41, 5.74) is 0. The standard InChI is InChI=1S/C6H10O2.2CH2O3/c1-3-5-7-8-6-4-2;2*2-1(3)4/h3-4H,1-2,5-6H2;2*(H2,2,3,4). The molecule has 0 fully saturated rings. The van der Waals surface area contributed by atoms with Gasteiger partial charge < -0.3 is 20.4 Å². The van der Waals surface area contributed by atoms with Crippen LogP contribution >= 0.6 is 0 Å². The summed E-state index contributed by atoms with van der Waals surface area (Å²) >= 11 is 0. The van der Waals surface area contributed by atoms with Crippen LogP contribution < -0.4 is 0 Å². The molecule has 0 aromatic rings. The van der Waals surface area contributed by atoms with Gasteiger partial charge in [-0.25, -0.2) is 19.4 Å². The fourth-order valence-corrected chi connectivity index (χ4v) is 0.192. The average Bonchev–Trinajstić information content (AvgIpc) is 2.11. The molecule has 0 saturated carbocycles. The van der Waals surface area contributed by atoms with Crippen LogP contribution in [0.2, 0.25) is 0 Å². The van der Waals surface area contributed by atoms with Gasteiger partial charge in [0, 0.05) is 0 Å². The third-order valence-electron chi connectivity index (χ3n) is 0.455. The molecule has 0 aromatic heterocycles. The lowest BCUT2D eigenvalue weighted by molar-refractivity contribution is -0.277. The maximum atomic E-state index is 8.56. The molecule has 0 atom stereocenters. The van der Waals surface area contributed by atoms with Gasteiger partial charge in [0.1, 0.15) is 13.2 Å². The molecular formula is C8H14O8. The first kappa shape index (κ1) is 19.5. The largest absolute Gasteiger partial charge is 0.503 e. The summed E-state index contributed by atoms with van der Waals surface area (Å²) < 4.78 is 0. The number of carboxylic acid groups (broad SMARTS) is 4. The van der Waals surface area contributed by atoms with Gasteiger partial charge in [-0.2, -0.15) is 0 Å². The molecule has 0 aliphatic rings. The summed E-state index contributed by atoms with van der Waals surface area (Å²) in [5, 5.41) is 27.9. The SMILES string of the molecule is C=CCOOCC=C.O=C(O)O.O=C(O)O. The van der Waals surface area contributed by atoms with Crippen molar-refractivity contribution in [3.63, 3.8) is 0 Å². The molecule has 0 unspecified atom stereocenters. The van der Waals surface area contributed by atoms with E-state index in [-0.39, 0.29) is 0 Å². The molecule has 8 heteroatoms. The van der Waals surface area contributed by atoms with Crippen molar-refractivity contribution in [3.05, 3.63) is 25.3 Å². The molecule has 94 valence electrons. The molecule has 0 aliphatic heterocycles. The maximum absolute atomic E-state index is 8.56. The summed E-state index contributed by atoms with van der Waals surface area (Å²) in [4.78, 5) is 26.2. The molecule has 8 nitrogen and oxygen atoms in total. The predicted molar refractivity (Wildman–Crippen MR) is 53.6 cm³/mol. The monoisotopic (exact) mass is 238 g/mol. The van der Waals surface area contributed by atoms with Gasteiger partial charge in [0.05, 0.1) is 0 Å². The van der Waals surface area contributed by atoms with Gasteiger partial charge in [-0.15, -0.1) is 13.2 Å². The Morgan fingerprint density at radius 3 is 1.19 bits per heavy atom. The van der Waals surface area contributed by atoms with Crippen molar-refractivity contribution in [3.8, 4) is 0 Å². The van der Waals surface area contributed by atoms with Crippen molar-refractivity contribution in [1.29, 1.82) is 0 Å². The van der Waals surface area contributed by atoms with Crippen LogP contribution in [0.3, 0.4) is 0 Å². The molecular weight excluding hydrogens is 224 g/mol. The van der Waals surface area contributed by atoms with Crippen LogP contribution in [0.15, 0.2) is 25.3 Å². The highest BCUT2D eigenvalue weighted by Gasteiger charge is 1.76. The Balaban J connectivity index is -0.000000179. The minimum absolute atomic E-state index is 0.424. The van der Waals surface area contributed by atoms with Crippen LogP contribution in [0.25, 0.3) is 0 Å². The van der Waals surface area contributed by atoms with Crippen LogP contribution in [0, 0.1) is 0 Å². The van der Waals surface area contributed by atoms with Gasteiger partial charge in [0.15, 0.2) is 0 Å². The van der Waals surface area contributed by atoms with Crippen LogP contribution in [0.1, 0.15) is 0 Å². The first-order valence-electron chi connectivity index (χ1n) is 3.68. The van der Waals surface area contributed by atoms with Crippen LogP contribution in [-0.4, -0.2) is 46.0 Å². The zero-order valence-electron chi connectivity index (χ0n) is 8.40. The van der Waals surface area contributed by atoms with Crippen LogP contribution in [0.4, 0.5) is 9.59 Å². The van der Waals surface area contributed by atoms with E-state index in [1.165, 1.54) is 0 Å². The van der Waals surface area contributed by atoms with Crippen LogP contribution in [-0.2, 0) is 9.78 Å². The Morgan fingerprint density at radius 2 is 1.06 bits per heavy atom. The van der Waals surface area contributed by atoms with E-state index in [0.29, 0.717) is 13.2 Å². The number of hydrogen-bond donors (Lipinski definition) is 4. The normalized spacial score (nSPS) is 7.25. The lowest BCUT2D eigenvalue weighted by atomic mass is 10.7. The van der Waals surface area contributed by atoms with Crippen molar-refractivity contribution in [1.82, 2.24) is 0 Å². The predicted octanol–water partition coefficient (Wildman–Crippen LogP) is 1.75. The van der Waals surface area contributed by atoms with Gasteiger partial charge in [0.2, 0.25) is 0 Å². The van der Waals surface area contributed by atoms with E-state index in [4.69, 9.17) is 30.0 Å². The third kappa shape index (κ3) is 165. The van der Waals surface area contributed by atoms with Crippen molar-refractivity contribution >= 4 is 12.3 Å².